The lowest BCUT2D eigenvalue weighted by molar-refractivity contribution is -0.140. The van der Waals surface area contributed by atoms with Crippen molar-refractivity contribution >= 4 is 21.8 Å². The average molecular weight is 276 g/mol. The van der Waals surface area contributed by atoms with Gasteiger partial charge in [0.15, 0.2) is 0 Å². The molecule has 1 fully saturated rings. The normalized spacial score (nSPS) is 21.3. The maximum absolute atomic E-state index is 12.3. The van der Waals surface area contributed by atoms with Crippen LogP contribution in [-0.4, -0.2) is 29.2 Å². The fourth-order valence-electron chi connectivity index (χ4n) is 2.64. The second kappa shape index (κ2) is 5.33. The largest absolute Gasteiger partial charge is 0.344 e. The lowest BCUT2D eigenvalue weighted by Gasteiger charge is -2.32. The topological polar surface area (TPSA) is 20.3 Å². The zero-order valence-corrected chi connectivity index (χ0v) is 11.6. The van der Waals surface area contributed by atoms with E-state index >= 15 is 0 Å². The van der Waals surface area contributed by atoms with Gasteiger partial charge in [0, 0.05) is 23.8 Å². The van der Waals surface area contributed by atoms with Gasteiger partial charge in [-0.1, -0.05) is 42.6 Å². The van der Waals surface area contributed by atoms with Crippen LogP contribution in [0.4, 0.5) is 0 Å². The number of halogens is 1. The van der Waals surface area contributed by atoms with Crippen LogP contribution in [-0.2, 0) is 4.79 Å². The van der Waals surface area contributed by atoms with E-state index in [0.717, 1.165) is 25.8 Å². The van der Waals surface area contributed by atoms with E-state index in [1.165, 1.54) is 12.8 Å². The molecule has 1 saturated carbocycles. The van der Waals surface area contributed by atoms with Crippen molar-refractivity contribution in [1.29, 1.82) is 0 Å². The molecule has 0 radical (unpaired) electrons. The Bertz CT molecular complexity index is 222. The van der Waals surface area contributed by atoms with Gasteiger partial charge in [-0.25, -0.2) is 0 Å². The van der Waals surface area contributed by atoms with Crippen molar-refractivity contribution in [3.63, 3.8) is 0 Å². The number of amides is 1. The highest BCUT2D eigenvalue weighted by atomic mass is 79.9. The van der Waals surface area contributed by atoms with E-state index in [4.69, 9.17) is 0 Å². The van der Waals surface area contributed by atoms with E-state index in [1.807, 2.05) is 11.9 Å². The maximum atomic E-state index is 12.3. The molecular formula is C12H22BrNO. The summed E-state index contributed by atoms with van der Waals surface area (Å²) in [4.78, 5) is 14.6. The van der Waals surface area contributed by atoms with E-state index in [0.29, 0.717) is 10.7 Å². The molecule has 0 bridgehead atoms. The Morgan fingerprint density at radius 2 is 2.00 bits per heavy atom. The molecule has 1 unspecified atom stereocenters. The molecule has 1 amide bonds. The second-order valence-corrected chi connectivity index (χ2v) is 6.37. The van der Waals surface area contributed by atoms with Crippen LogP contribution in [0.5, 0.6) is 0 Å². The van der Waals surface area contributed by atoms with E-state index in [2.05, 4.69) is 29.8 Å². The van der Waals surface area contributed by atoms with Crippen molar-refractivity contribution in [1.82, 2.24) is 4.90 Å². The van der Waals surface area contributed by atoms with Crippen LogP contribution >= 0.6 is 15.9 Å². The smallest absolute Gasteiger partial charge is 0.228 e. The fraction of sp³-hybridized carbons (Fsp3) is 0.917. The number of carbonyl (C=O) groups is 1. The zero-order chi connectivity index (χ0) is 11.5. The van der Waals surface area contributed by atoms with Gasteiger partial charge in [0.25, 0.3) is 0 Å². The van der Waals surface area contributed by atoms with Crippen LogP contribution < -0.4 is 0 Å². The molecule has 1 aliphatic rings. The highest BCUT2D eigenvalue weighted by molar-refractivity contribution is 9.09. The first-order valence-electron chi connectivity index (χ1n) is 5.91. The number of nitrogens with zero attached hydrogens (tertiary/aromatic N) is 1. The Labute approximate surface area is 102 Å². The van der Waals surface area contributed by atoms with Crippen molar-refractivity contribution in [2.45, 2.75) is 50.8 Å². The SMILES string of the molecule is CCC1(C(=O)N(C)CC(C)Br)CCCC1. The number of hydrogen-bond donors (Lipinski definition) is 0. The van der Waals surface area contributed by atoms with Crippen LogP contribution in [0, 0.1) is 5.41 Å². The van der Waals surface area contributed by atoms with Crippen LogP contribution in [0.3, 0.4) is 0 Å². The first-order valence-corrected chi connectivity index (χ1v) is 6.83. The molecule has 2 nitrogen and oxygen atoms in total. The molecule has 1 rings (SSSR count). The molecule has 15 heavy (non-hydrogen) atoms. The molecule has 1 aliphatic carbocycles. The predicted octanol–water partition coefficient (Wildman–Crippen LogP) is 3.20. The summed E-state index contributed by atoms with van der Waals surface area (Å²) in [5.74, 6) is 0.355. The minimum absolute atomic E-state index is 0.0311. The molecule has 0 aromatic rings. The molecule has 0 aromatic heterocycles. The van der Waals surface area contributed by atoms with Gasteiger partial charge >= 0.3 is 0 Å². The first-order chi connectivity index (χ1) is 7.02. The quantitative estimate of drug-likeness (QED) is 0.722. The summed E-state index contributed by atoms with van der Waals surface area (Å²) in [5.41, 5.74) is -0.0311. The number of alkyl halides is 1. The van der Waals surface area contributed by atoms with Crippen molar-refractivity contribution in [3.8, 4) is 0 Å². The summed E-state index contributed by atoms with van der Waals surface area (Å²) in [6.45, 7) is 5.03. The van der Waals surface area contributed by atoms with Gasteiger partial charge in [-0.15, -0.1) is 0 Å². The van der Waals surface area contributed by atoms with Gasteiger partial charge in [-0.3, -0.25) is 4.79 Å². The molecular weight excluding hydrogens is 254 g/mol. The van der Waals surface area contributed by atoms with Crippen molar-refractivity contribution in [2.24, 2.45) is 5.41 Å². The second-order valence-electron chi connectivity index (χ2n) is 4.81. The third-order valence-electron chi connectivity index (χ3n) is 3.56. The molecule has 1 atom stereocenters. The van der Waals surface area contributed by atoms with Gasteiger partial charge in [-0.2, -0.15) is 0 Å². The molecule has 0 aromatic carbocycles. The highest BCUT2D eigenvalue weighted by Crippen LogP contribution is 2.42. The Morgan fingerprint density at radius 1 is 1.47 bits per heavy atom. The summed E-state index contributed by atoms with van der Waals surface area (Å²) in [5, 5.41) is 0. The third-order valence-corrected chi connectivity index (χ3v) is 3.85. The van der Waals surface area contributed by atoms with E-state index in [-0.39, 0.29) is 5.41 Å². The van der Waals surface area contributed by atoms with Gasteiger partial charge in [-0.05, 0) is 19.3 Å². The maximum Gasteiger partial charge on any atom is 0.228 e. The standard InChI is InChI=1S/C12H22BrNO/c1-4-12(7-5-6-8-12)11(15)14(3)9-10(2)13/h10H,4-9H2,1-3H3. The number of carbonyl (C=O) groups excluding carboxylic acids is 1. The molecule has 0 saturated heterocycles. The molecule has 0 N–H and O–H groups in total. The van der Waals surface area contributed by atoms with Crippen molar-refractivity contribution in [3.05, 3.63) is 0 Å². The van der Waals surface area contributed by atoms with Gasteiger partial charge in [0.2, 0.25) is 5.91 Å². The van der Waals surface area contributed by atoms with Gasteiger partial charge in [0.1, 0.15) is 0 Å². The summed E-state index contributed by atoms with van der Waals surface area (Å²) in [6, 6.07) is 0. The Hall–Kier alpha value is -0.0500. The number of rotatable bonds is 4. The molecule has 0 spiro atoms. The Morgan fingerprint density at radius 3 is 2.40 bits per heavy atom. The van der Waals surface area contributed by atoms with E-state index < -0.39 is 0 Å². The fourth-order valence-corrected chi connectivity index (χ4v) is 3.07. The van der Waals surface area contributed by atoms with Crippen LogP contribution in [0.25, 0.3) is 0 Å². The third kappa shape index (κ3) is 2.96. The minimum Gasteiger partial charge on any atom is -0.344 e. The van der Waals surface area contributed by atoms with Crippen molar-refractivity contribution < 1.29 is 4.79 Å². The van der Waals surface area contributed by atoms with Crippen LogP contribution in [0.15, 0.2) is 0 Å². The Kier molecular flexibility index (Phi) is 4.63. The predicted molar refractivity (Wildman–Crippen MR) is 67.2 cm³/mol. The van der Waals surface area contributed by atoms with Gasteiger partial charge < -0.3 is 4.90 Å². The average Bonchev–Trinajstić information content (AvgIpc) is 2.65. The Balaban J connectivity index is 2.64. The van der Waals surface area contributed by atoms with Gasteiger partial charge in [0.05, 0.1) is 0 Å². The zero-order valence-electron chi connectivity index (χ0n) is 10.1. The lowest BCUT2D eigenvalue weighted by Crippen LogP contribution is -2.42. The highest BCUT2D eigenvalue weighted by Gasteiger charge is 2.40. The lowest BCUT2D eigenvalue weighted by atomic mass is 9.82. The minimum atomic E-state index is -0.0311. The van der Waals surface area contributed by atoms with Crippen molar-refractivity contribution in [2.75, 3.05) is 13.6 Å². The summed E-state index contributed by atoms with van der Waals surface area (Å²) in [7, 11) is 1.93. The monoisotopic (exact) mass is 275 g/mol. The van der Waals surface area contributed by atoms with Crippen LogP contribution in [0.1, 0.15) is 46.0 Å². The molecule has 88 valence electrons. The molecule has 3 heteroatoms. The molecule has 0 aliphatic heterocycles. The first kappa shape index (κ1) is 13.0. The molecule has 0 heterocycles. The summed E-state index contributed by atoms with van der Waals surface area (Å²) >= 11 is 3.50. The summed E-state index contributed by atoms with van der Waals surface area (Å²) in [6.07, 6.45) is 5.61. The van der Waals surface area contributed by atoms with E-state index in [9.17, 15) is 4.79 Å². The number of hydrogen-bond acceptors (Lipinski definition) is 1. The van der Waals surface area contributed by atoms with E-state index in [1.54, 1.807) is 0 Å². The summed E-state index contributed by atoms with van der Waals surface area (Å²) < 4.78 is 0. The van der Waals surface area contributed by atoms with Crippen LogP contribution in [0.2, 0.25) is 0 Å².